The van der Waals surface area contributed by atoms with Crippen molar-refractivity contribution in [3.8, 4) is 0 Å². The van der Waals surface area contributed by atoms with Gasteiger partial charge in [-0.15, -0.1) is 11.3 Å². The molecule has 0 unspecified atom stereocenters. The van der Waals surface area contributed by atoms with Gasteiger partial charge in [-0.1, -0.05) is 18.5 Å². The molecule has 0 fully saturated rings. The molecule has 0 atom stereocenters. The van der Waals surface area contributed by atoms with Crippen LogP contribution in [0.2, 0.25) is 4.34 Å². The summed E-state index contributed by atoms with van der Waals surface area (Å²) in [6.07, 6.45) is 4.30. The highest BCUT2D eigenvalue weighted by molar-refractivity contribution is 7.16. The van der Waals surface area contributed by atoms with Crippen molar-refractivity contribution in [3.63, 3.8) is 0 Å². The molecule has 0 radical (unpaired) electrons. The summed E-state index contributed by atoms with van der Waals surface area (Å²) >= 11 is 7.40. The number of amides is 1. The summed E-state index contributed by atoms with van der Waals surface area (Å²) in [5, 5.41) is 3.26. The van der Waals surface area contributed by atoms with Crippen molar-refractivity contribution in [3.05, 3.63) is 45.4 Å². The zero-order valence-corrected chi connectivity index (χ0v) is 13.7. The van der Waals surface area contributed by atoms with E-state index < -0.39 is 0 Å². The van der Waals surface area contributed by atoms with Crippen molar-refractivity contribution in [1.29, 1.82) is 0 Å². The van der Waals surface area contributed by atoms with Gasteiger partial charge in [-0.05, 0) is 24.6 Å². The van der Waals surface area contributed by atoms with Gasteiger partial charge in [-0.3, -0.25) is 9.78 Å². The van der Waals surface area contributed by atoms with Crippen LogP contribution < -0.4 is 5.32 Å². The van der Waals surface area contributed by atoms with Crippen molar-refractivity contribution in [2.24, 2.45) is 0 Å². The lowest BCUT2D eigenvalue weighted by Gasteiger charge is -2.18. The highest BCUT2D eigenvalue weighted by Gasteiger charge is 2.16. The molecule has 2 aromatic heterocycles. The second-order valence-corrected chi connectivity index (χ2v) is 6.51. The van der Waals surface area contributed by atoms with Gasteiger partial charge in [-0.25, -0.2) is 0 Å². The molecule has 21 heavy (non-hydrogen) atoms. The first-order chi connectivity index (χ1) is 10.1. The molecule has 0 saturated carbocycles. The van der Waals surface area contributed by atoms with E-state index in [2.05, 4.69) is 17.2 Å². The highest BCUT2D eigenvalue weighted by Crippen LogP contribution is 2.23. The predicted octanol–water partition coefficient (Wildman–Crippen LogP) is 3.89. The van der Waals surface area contributed by atoms with Crippen molar-refractivity contribution in [2.75, 3.05) is 18.9 Å². The summed E-state index contributed by atoms with van der Waals surface area (Å²) in [5.41, 5.74) is 1.42. The molecule has 2 aromatic rings. The first-order valence-corrected chi connectivity index (χ1v) is 7.98. The SMILES string of the molecule is CCCNc1ccncc1C(=O)N(C)Cc1ccc(Cl)s1. The minimum Gasteiger partial charge on any atom is -0.384 e. The number of aromatic nitrogens is 1. The predicted molar refractivity (Wildman–Crippen MR) is 88.1 cm³/mol. The summed E-state index contributed by atoms with van der Waals surface area (Å²) in [7, 11) is 1.78. The van der Waals surface area contributed by atoms with E-state index in [0.29, 0.717) is 12.1 Å². The van der Waals surface area contributed by atoms with Gasteiger partial charge >= 0.3 is 0 Å². The van der Waals surface area contributed by atoms with E-state index >= 15 is 0 Å². The summed E-state index contributed by atoms with van der Waals surface area (Å²) in [4.78, 5) is 19.4. The van der Waals surface area contributed by atoms with Crippen molar-refractivity contribution >= 4 is 34.5 Å². The molecule has 0 spiro atoms. The Hall–Kier alpha value is -1.59. The van der Waals surface area contributed by atoms with Gasteiger partial charge in [0.1, 0.15) is 0 Å². The molecule has 0 aromatic carbocycles. The maximum Gasteiger partial charge on any atom is 0.257 e. The number of hydrogen-bond acceptors (Lipinski definition) is 4. The second kappa shape index (κ2) is 7.43. The molecule has 112 valence electrons. The largest absolute Gasteiger partial charge is 0.384 e. The fourth-order valence-electron chi connectivity index (χ4n) is 1.93. The van der Waals surface area contributed by atoms with E-state index in [0.717, 1.165) is 27.9 Å². The van der Waals surface area contributed by atoms with Gasteiger partial charge in [-0.2, -0.15) is 0 Å². The molecule has 0 aliphatic carbocycles. The van der Waals surface area contributed by atoms with Crippen LogP contribution in [-0.4, -0.2) is 29.4 Å². The highest BCUT2D eigenvalue weighted by atomic mass is 35.5. The minimum atomic E-state index is -0.0498. The summed E-state index contributed by atoms with van der Waals surface area (Å²) in [6.45, 7) is 3.45. The Morgan fingerprint density at radius 1 is 1.43 bits per heavy atom. The lowest BCUT2D eigenvalue weighted by atomic mass is 10.2. The lowest BCUT2D eigenvalue weighted by molar-refractivity contribution is 0.0787. The van der Waals surface area contributed by atoms with Gasteiger partial charge in [0.15, 0.2) is 0 Å². The zero-order chi connectivity index (χ0) is 15.2. The van der Waals surface area contributed by atoms with Crippen LogP contribution in [0.15, 0.2) is 30.6 Å². The minimum absolute atomic E-state index is 0.0498. The lowest BCUT2D eigenvalue weighted by Crippen LogP contribution is -2.27. The van der Waals surface area contributed by atoms with Crippen LogP contribution in [0.5, 0.6) is 0 Å². The maximum atomic E-state index is 12.6. The number of nitrogens with zero attached hydrogens (tertiary/aromatic N) is 2. The Bertz CT molecular complexity index is 614. The number of carbonyl (C=O) groups is 1. The van der Waals surface area contributed by atoms with Gasteiger partial charge in [0.05, 0.1) is 22.1 Å². The van der Waals surface area contributed by atoms with Crippen LogP contribution in [0.1, 0.15) is 28.6 Å². The smallest absolute Gasteiger partial charge is 0.257 e. The summed E-state index contributed by atoms with van der Waals surface area (Å²) < 4.78 is 0.734. The quantitative estimate of drug-likeness (QED) is 0.877. The fourth-order valence-corrected chi connectivity index (χ4v) is 3.07. The molecule has 6 heteroatoms. The Morgan fingerprint density at radius 3 is 2.90 bits per heavy atom. The van der Waals surface area contributed by atoms with Gasteiger partial charge in [0.25, 0.3) is 5.91 Å². The van der Waals surface area contributed by atoms with E-state index in [-0.39, 0.29) is 5.91 Å². The number of pyridine rings is 1. The first-order valence-electron chi connectivity index (χ1n) is 6.79. The third-order valence-electron chi connectivity index (χ3n) is 2.99. The van der Waals surface area contributed by atoms with Crippen molar-refractivity contribution < 1.29 is 4.79 Å². The van der Waals surface area contributed by atoms with E-state index in [4.69, 9.17) is 11.6 Å². The van der Waals surface area contributed by atoms with E-state index in [1.165, 1.54) is 11.3 Å². The molecular weight excluding hydrogens is 306 g/mol. The topological polar surface area (TPSA) is 45.2 Å². The standard InChI is InChI=1S/C15H18ClN3OS/c1-3-7-18-13-6-8-17-9-12(13)15(20)19(2)10-11-4-5-14(16)21-11/h4-6,8-9H,3,7,10H2,1-2H3,(H,17,18). The van der Waals surface area contributed by atoms with Crippen LogP contribution in [0.3, 0.4) is 0 Å². The Labute approximate surface area is 133 Å². The molecule has 1 amide bonds. The first kappa shape index (κ1) is 15.8. The van der Waals surface area contributed by atoms with Gasteiger partial charge in [0, 0.05) is 30.9 Å². The second-order valence-electron chi connectivity index (χ2n) is 4.72. The van der Waals surface area contributed by atoms with Gasteiger partial charge < -0.3 is 10.2 Å². The molecule has 0 saturated heterocycles. The van der Waals surface area contributed by atoms with E-state index in [1.807, 2.05) is 18.2 Å². The molecule has 4 nitrogen and oxygen atoms in total. The average Bonchev–Trinajstić information content (AvgIpc) is 2.89. The molecule has 2 rings (SSSR count). The van der Waals surface area contributed by atoms with Crippen LogP contribution >= 0.6 is 22.9 Å². The zero-order valence-electron chi connectivity index (χ0n) is 12.1. The van der Waals surface area contributed by atoms with E-state index in [1.54, 1.807) is 24.3 Å². The molecular formula is C15H18ClN3OS. The summed E-state index contributed by atoms with van der Waals surface area (Å²) in [6, 6.07) is 5.62. The number of hydrogen-bond donors (Lipinski definition) is 1. The molecule has 2 heterocycles. The van der Waals surface area contributed by atoms with Crippen LogP contribution in [0.4, 0.5) is 5.69 Å². The molecule has 0 aliphatic heterocycles. The van der Waals surface area contributed by atoms with Crippen molar-refractivity contribution in [1.82, 2.24) is 9.88 Å². The Balaban J connectivity index is 2.11. The van der Waals surface area contributed by atoms with Crippen LogP contribution in [-0.2, 0) is 6.54 Å². The van der Waals surface area contributed by atoms with E-state index in [9.17, 15) is 4.79 Å². The number of rotatable bonds is 6. The number of thiophene rings is 1. The molecule has 0 aliphatic rings. The fraction of sp³-hybridized carbons (Fsp3) is 0.333. The normalized spacial score (nSPS) is 10.4. The van der Waals surface area contributed by atoms with Crippen LogP contribution in [0, 0.1) is 0 Å². The third kappa shape index (κ3) is 4.19. The molecule has 0 bridgehead atoms. The third-order valence-corrected chi connectivity index (χ3v) is 4.20. The maximum absolute atomic E-state index is 12.6. The van der Waals surface area contributed by atoms with Crippen molar-refractivity contribution in [2.45, 2.75) is 19.9 Å². The summed E-state index contributed by atoms with van der Waals surface area (Å²) in [5.74, 6) is -0.0498. The average molecular weight is 324 g/mol. The Morgan fingerprint density at radius 2 is 2.24 bits per heavy atom. The number of carbonyl (C=O) groups excluding carboxylic acids is 1. The monoisotopic (exact) mass is 323 g/mol. The molecule has 1 N–H and O–H groups in total. The van der Waals surface area contributed by atoms with Gasteiger partial charge in [0.2, 0.25) is 0 Å². The Kier molecular flexibility index (Phi) is 5.59. The number of anilines is 1. The number of nitrogens with one attached hydrogen (secondary N) is 1. The number of halogens is 1. The van der Waals surface area contributed by atoms with Crippen LogP contribution in [0.25, 0.3) is 0 Å².